The van der Waals surface area contributed by atoms with Crippen molar-refractivity contribution in [2.45, 2.75) is 31.3 Å². The zero-order valence-electron chi connectivity index (χ0n) is 21.4. The van der Waals surface area contributed by atoms with Gasteiger partial charge in [-0.3, -0.25) is 9.36 Å². The van der Waals surface area contributed by atoms with Crippen molar-refractivity contribution in [1.82, 2.24) is 19.8 Å². The maximum absolute atomic E-state index is 12.8. The average molecular weight is 563 g/mol. The van der Waals surface area contributed by atoms with E-state index in [9.17, 15) is 24.3 Å². The summed E-state index contributed by atoms with van der Waals surface area (Å²) in [6.45, 7) is 0.887. The van der Waals surface area contributed by atoms with Crippen LogP contribution in [-0.4, -0.2) is 56.7 Å². The first-order chi connectivity index (χ1) is 19.3. The van der Waals surface area contributed by atoms with Gasteiger partial charge in [-0.25, -0.2) is 14.4 Å². The monoisotopic (exact) mass is 562 g/mol. The first-order valence-corrected chi connectivity index (χ1v) is 13.2. The van der Waals surface area contributed by atoms with Crippen LogP contribution in [0.4, 0.5) is 4.79 Å². The number of carbonyl (C=O) groups is 3. The molecule has 11 heteroatoms. The molecule has 206 valence electrons. The summed E-state index contributed by atoms with van der Waals surface area (Å²) in [6, 6.07) is 19.2. The number of nitrogens with zero attached hydrogens (tertiary/aromatic N) is 2. The number of hydrogen-bond acceptors (Lipinski definition) is 5. The molecule has 0 bridgehead atoms. The first kappa shape index (κ1) is 27.0. The summed E-state index contributed by atoms with van der Waals surface area (Å²) in [4.78, 5) is 54.1. The van der Waals surface area contributed by atoms with Gasteiger partial charge in [0.2, 0.25) is 0 Å². The zero-order valence-corrected chi connectivity index (χ0v) is 22.1. The van der Waals surface area contributed by atoms with E-state index in [1.807, 2.05) is 24.3 Å². The van der Waals surface area contributed by atoms with E-state index < -0.39 is 24.0 Å². The van der Waals surface area contributed by atoms with Crippen molar-refractivity contribution in [3.8, 4) is 5.75 Å². The average Bonchev–Trinajstić information content (AvgIpc) is 3.29. The van der Waals surface area contributed by atoms with E-state index in [4.69, 9.17) is 16.3 Å². The second-order valence-corrected chi connectivity index (χ2v) is 10.0. The maximum Gasteiger partial charge on any atom is 0.415 e. The SMILES string of the molecule is O=C(N[C@@H](Cc1ccc(OC(=O)N2CCC(n3c(=O)[nH]c4ccccc43)CC2)cc1)C(=O)O)c1ccccc1Cl. The van der Waals surface area contributed by atoms with Gasteiger partial charge in [-0.05, 0) is 54.8 Å². The molecule has 3 aromatic carbocycles. The Labute approximate surface area is 234 Å². The van der Waals surface area contributed by atoms with Crippen molar-refractivity contribution < 1.29 is 24.2 Å². The van der Waals surface area contributed by atoms with Crippen LogP contribution < -0.4 is 15.7 Å². The highest BCUT2D eigenvalue weighted by Gasteiger charge is 2.27. The third-order valence-corrected chi connectivity index (χ3v) is 7.33. The fourth-order valence-electron chi connectivity index (χ4n) is 4.92. The predicted octanol–water partition coefficient (Wildman–Crippen LogP) is 4.24. The van der Waals surface area contributed by atoms with Gasteiger partial charge >= 0.3 is 17.8 Å². The molecule has 1 fully saturated rings. The number of aliphatic carboxylic acids is 1. The van der Waals surface area contributed by atoms with Crippen molar-refractivity contribution >= 4 is 40.6 Å². The number of benzene rings is 3. The van der Waals surface area contributed by atoms with Crippen LogP contribution in [0.3, 0.4) is 0 Å². The van der Waals surface area contributed by atoms with Crippen LogP contribution in [0.5, 0.6) is 5.75 Å². The summed E-state index contributed by atoms with van der Waals surface area (Å²) >= 11 is 6.05. The third-order valence-electron chi connectivity index (χ3n) is 7.00. The number of rotatable bonds is 7. The van der Waals surface area contributed by atoms with Gasteiger partial charge in [0.25, 0.3) is 5.91 Å². The van der Waals surface area contributed by atoms with Gasteiger partial charge in [-0.2, -0.15) is 0 Å². The number of H-pyrrole nitrogens is 1. The normalized spacial score (nSPS) is 14.6. The number of aromatic nitrogens is 2. The van der Waals surface area contributed by atoms with Crippen LogP contribution in [0.1, 0.15) is 34.8 Å². The Kier molecular flexibility index (Phi) is 7.88. The minimum atomic E-state index is -1.19. The lowest BCUT2D eigenvalue weighted by molar-refractivity contribution is -0.139. The Morgan fingerprint density at radius 2 is 1.68 bits per heavy atom. The molecule has 1 aliphatic heterocycles. The van der Waals surface area contributed by atoms with Gasteiger partial charge in [-0.15, -0.1) is 0 Å². The van der Waals surface area contributed by atoms with Gasteiger partial charge in [0.1, 0.15) is 11.8 Å². The van der Waals surface area contributed by atoms with Crippen molar-refractivity contribution in [3.63, 3.8) is 0 Å². The van der Waals surface area contributed by atoms with E-state index in [2.05, 4.69) is 10.3 Å². The van der Waals surface area contributed by atoms with Crippen molar-refractivity contribution in [2.75, 3.05) is 13.1 Å². The Morgan fingerprint density at radius 1 is 1.00 bits per heavy atom. The van der Waals surface area contributed by atoms with Crippen molar-refractivity contribution in [1.29, 1.82) is 0 Å². The van der Waals surface area contributed by atoms with Gasteiger partial charge in [0.15, 0.2) is 0 Å². The van der Waals surface area contributed by atoms with Crippen LogP contribution in [0.15, 0.2) is 77.6 Å². The maximum atomic E-state index is 12.8. The fraction of sp³-hybridized carbons (Fsp3) is 0.241. The van der Waals surface area contributed by atoms with Crippen molar-refractivity contribution in [3.05, 3.63) is 99.4 Å². The second-order valence-electron chi connectivity index (χ2n) is 9.60. The number of imidazole rings is 1. The number of carbonyl (C=O) groups excluding carboxylic acids is 2. The summed E-state index contributed by atoms with van der Waals surface area (Å²) in [5, 5.41) is 12.3. The Hall–Kier alpha value is -4.57. The lowest BCUT2D eigenvalue weighted by Gasteiger charge is -2.31. The topological polar surface area (TPSA) is 134 Å². The summed E-state index contributed by atoms with van der Waals surface area (Å²) in [7, 11) is 0. The molecule has 0 saturated carbocycles. The molecule has 0 aliphatic carbocycles. The molecule has 0 spiro atoms. The number of nitrogens with one attached hydrogen (secondary N) is 2. The number of fused-ring (bicyclic) bond motifs is 1. The van der Waals surface area contributed by atoms with Gasteiger partial charge in [-0.1, -0.05) is 48.0 Å². The highest BCUT2D eigenvalue weighted by Crippen LogP contribution is 2.26. The zero-order chi connectivity index (χ0) is 28.2. The molecule has 2 amide bonds. The Morgan fingerprint density at radius 3 is 2.38 bits per heavy atom. The summed E-state index contributed by atoms with van der Waals surface area (Å²) < 4.78 is 7.29. The van der Waals surface area contributed by atoms with Crippen LogP contribution in [0, 0.1) is 0 Å². The van der Waals surface area contributed by atoms with Crippen LogP contribution in [0.2, 0.25) is 5.02 Å². The van der Waals surface area contributed by atoms with Crippen LogP contribution in [0.25, 0.3) is 11.0 Å². The number of aromatic amines is 1. The number of halogens is 1. The minimum absolute atomic E-state index is 0.0208. The smallest absolute Gasteiger partial charge is 0.415 e. The van der Waals surface area contributed by atoms with Gasteiger partial charge < -0.3 is 25.0 Å². The molecule has 40 heavy (non-hydrogen) atoms. The molecule has 1 aromatic heterocycles. The summed E-state index contributed by atoms with van der Waals surface area (Å²) in [5.74, 6) is -1.45. The number of piperidine rings is 1. The molecule has 1 saturated heterocycles. The Balaban J connectivity index is 1.16. The van der Waals surface area contributed by atoms with E-state index in [0.29, 0.717) is 37.2 Å². The van der Waals surface area contributed by atoms with Gasteiger partial charge in [0.05, 0.1) is 21.6 Å². The van der Waals surface area contributed by atoms with E-state index in [1.54, 1.807) is 51.9 Å². The molecular formula is C29H27ClN4O6. The summed E-state index contributed by atoms with van der Waals surface area (Å²) in [5.41, 5.74) is 2.31. The molecule has 1 atom stereocenters. The quantitative estimate of drug-likeness (QED) is 0.308. The standard InChI is InChI=1S/C29H27ClN4O6/c30-22-6-2-1-5-21(22)26(35)31-24(27(36)37)17-18-9-11-20(12-10-18)40-29(39)33-15-13-19(14-16-33)34-25-8-4-3-7-23(25)32-28(34)38/h1-12,19,24H,13-17H2,(H,31,35)(H,32,38)(H,36,37)/t24-/m0/s1. The number of likely N-dealkylation sites (tertiary alicyclic amines) is 1. The molecule has 1 aliphatic rings. The highest BCUT2D eigenvalue weighted by atomic mass is 35.5. The number of amides is 2. The van der Waals surface area contributed by atoms with E-state index >= 15 is 0 Å². The molecule has 0 unspecified atom stereocenters. The number of ether oxygens (including phenoxy) is 1. The van der Waals surface area contributed by atoms with Crippen LogP contribution in [-0.2, 0) is 11.2 Å². The van der Waals surface area contributed by atoms with Gasteiger partial charge in [0, 0.05) is 25.6 Å². The van der Waals surface area contributed by atoms with Crippen LogP contribution >= 0.6 is 11.6 Å². The second kappa shape index (κ2) is 11.7. The van der Waals surface area contributed by atoms with Crippen molar-refractivity contribution in [2.24, 2.45) is 0 Å². The number of carboxylic acids is 1. The Bertz CT molecular complexity index is 1600. The first-order valence-electron chi connectivity index (χ1n) is 12.8. The molecule has 4 aromatic rings. The highest BCUT2D eigenvalue weighted by molar-refractivity contribution is 6.33. The third kappa shape index (κ3) is 5.86. The predicted molar refractivity (Wildman–Crippen MR) is 149 cm³/mol. The molecular weight excluding hydrogens is 536 g/mol. The lowest BCUT2D eigenvalue weighted by atomic mass is 10.0. The molecule has 3 N–H and O–H groups in total. The number of para-hydroxylation sites is 2. The minimum Gasteiger partial charge on any atom is -0.480 e. The molecule has 10 nitrogen and oxygen atoms in total. The molecule has 0 radical (unpaired) electrons. The fourth-order valence-corrected chi connectivity index (χ4v) is 5.14. The van der Waals surface area contributed by atoms with E-state index in [-0.39, 0.29) is 28.7 Å². The summed E-state index contributed by atoms with van der Waals surface area (Å²) in [6.07, 6.45) is 0.770. The molecule has 5 rings (SSSR count). The van der Waals surface area contributed by atoms with E-state index in [0.717, 1.165) is 11.0 Å². The number of carboxylic acid groups (broad SMARTS) is 1. The largest absolute Gasteiger partial charge is 0.480 e. The van der Waals surface area contributed by atoms with E-state index in [1.165, 1.54) is 6.07 Å². The number of hydrogen-bond donors (Lipinski definition) is 3. The molecule has 2 heterocycles. The lowest BCUT2D eigenvalue weighted by Crippen LogP contribution is -2.42.